The van der Waals surface area contributed by atoms with Gasteiger partial charge in [-0.05, 0) is 44.4 Å². The van der Waals surface area contributed by atoms with Gasteiger partial charge in [0.25, 0.3) is 0 Å². The Labute approximate surface area is 154 Å². The zero-order valence-electron chi connectivity index (χ0n) is 14.6. The van der Waals surface area contributed by atoms with Gasteiger partial charge in [0, 0.05) is 30.0 Å². The molecule has 138 valence electrons. The summed E-state index contributed by atoms with van der Waals surface area (Å²) < 4.78 is 0. The van der Waals surface area contributed by atoms with Crippen LogP contribution in [0.2, 0.25) is 0 Å². The van der Waals surface area contributed by atoms with Crippen LogP contribution in [-0.2, 0) is 4.79 Å². The maximum atomic E-state index is 12.7. The fraction of sp³-hybridized carbons (Fsp3) is 0.556. The van der Waals surface area contributed by atoms with Crippen molar-refractivity contribution in [2.24, 2.45) is 11.7 Å². The number of hydrogen-bond donors (Lipinski definition) is 3. The lowest BCUT2D eigenvalue weighted by atomic mass is 9.74. The van der Waals surface area contributed by atoms with Gasteiger partial charge in [0.2, 0.25) is 5.91 Å². The molecular weight excluding hydrogens is 340 g/mol. The standard InChI is InChI=1S/C18H26N4O2.ClH/c1-18(19)9-3-2-8-15(18)16(23)21-13-6-4-7-14(12-13)22-11-5-10-20-17(22)24;/h4,6-7,12,15H,2-3,5,8-11,19H2,1H3,(H,20,24)(H,21,23);1H. The minimum atomic E-state index is -0.452. The molecular formula is C18H27ClN4O2. The second kappa shape index (κ2) is 8.06. The molecule has 2 aliphatic rings. The molecule has 2 atom stereocenters. The lowest BCUT2D eigenvalue weighted by molar-refractivity contribution is -0.122. The number of nitrogens with zero attached hydrogens (tertiary/aromatic N) is 1. The second-order valence-corrected chi connectivity index (χ2v) is 7.08. The predicted molar refractivity (Wildman–Crippen MR) is 102 cm³/mol. The highest BCUT2D eigenvalue weighted by atomic mass is 35.5. The number of nitrogens with two attached hydrogens (primary N) is 1. The summed E-state index contributed by atoms with van der Waals surface area (Å²) >= 11 is 0. The number of halogens is 1. The number of urea groups is 1. The van der Waals surface area contributed by atoms with E-state index in [2.05, 4.69) is 10.6 Å². The third-order valence-electron chi connectivity index (χ3n) is 5.08. The van der Waals surface area contributed by atoms with Crippen LogP contribution in [0, 0.1) is 5.92 Å². The Morgan fingerprint density at radius 2 is 2.16 bits per heavy atom. The Kier molecular flexibility index (Phi) is 6.30. The smallest absolute Gasteiger partial charge is 0.321 e. The first-order chi connectivity index (χ1) is 11.5. The summed E-state index contributed by atoms with van der Waals surface area (Å²) in [6.45, 7) is 3.36. The van der Waals surface area contributed by atoms with Crippen molar-refractivity contribution in [3.63, 3.8) is 0 Å². The van der Waals surface area contributed by atoms with Crippen LogP contribution in [-0.4, -0.2) is 30.6 Å². The van der Waals surface area contributed by atoms with Crippen LogP contribution in [0.3, 0.4) is 0 Å². The topological polar surface area (TPSA) is 87.5 Å². The average molecular weight is 367 g/mol. The molecule has 1 aromatic carbocycles. The van der Waals surface area contributed by atoms with Crippen molar-refractivity contribution in [3.05, 3.63) is 24.3 Å². The van der Waals surface area contributed by atoms with Gasteiger partial charge in [0.15, 0.2) is 0 Å². The van der Waals surface area contributed by atoms with Crippen LogP contribution < -0.4 is 21.3 Å². The molecule has 1 saturated carbocycles. The van der Waals surface area contributed by atoms with E-state index in [9.17, 15) is 9.59 Å². The van der Waals surface area contributed by atoms with Gasteiger partial charge in [-0.25, -0.2) is 4.79 Å². The molecule has 2 unspecified atom stereocenters. The van der Waals surface area contributed by atoms with Gasteiger partial charge in [0.05, 0.1) is 5.92 Å². The second-order valence-electron chi connectivity index (χ2n) is 7.08. The van der Waals surface area contributed by atoms with Gasteiger partial charge in [-0.3, -0.25) is 9.69 Å². The van der Waals surface area contributed by atoms with Crippen LogP contribution in [0.1, 0.15) is 39.0 Å². The Hall–Kier alpha value is -1.79. The molecule has 3 rings (SSSR count). The molecule has 7 heteroatoms. The quantitative estimate of drug-likeness (QED) is 0.768. The third kappa shape index (κ3) is 4.44. The molecule has 6 nitrogen and oxygen atoms in total. The Morgan fingerprint density at radius 3 is 2.88 bits per heavy atom. The van der Waals surface area contributed by atoms with Gasteiger partial charge in [-0.1, -0.05) is 18.9 Å². The lowest BCUT2D eigenvalue weighted by Gasteiger charge is -2.37. The number of rotatable bonds is 3. The summed E-state index contributed by atoms with van der Waals surface area (Å²) in [4.78, 5) is 26.3. The number of hydrogen-bond acceptors (Lipinski definition) is 3. The Morgan fingerprint density at radius 1 is 1.36 bits per heavy atom. The number of carbonyl (C=O) groups excluding carboxylic acids is 2. The number of carbonyl (C=O) groups is 2. The van der Waals surface area contributed by atoms with E-state index in [4.69, 9.17) is 5.73 Å². The molecule has 25 heavy (non-hydrogen) atoms. The molecule has 2 fully saturated rings. The van der Waals surface area contributed by atoms with Crippen molar-refractivity contribution < 1.29 is 9.59 Å². The SMILES string of the molecule is CC1(N)CCCCC1C(=O)Nc1cccc(N2CCCNC2=O)c1.Cl. The summed E-state index contributed by atoms with van der Waals surface area (Å²) in [7, 11) is 0. The van der Waals surface area contributed by atoms with Crippen LogP contribution in [0.4, 0.5) is 16.2 Å². The number of anilines is 2. The summed E-state index contributed by atoms with van der Waals surface area (Å²) in [5.74, 6) is -0.201. The van der Waals surface area contributed by atoms with E-state index in [1.54, 1.807) is 4.90 Å². The van der Waals surface area contributed by atoms with Gasteiger partial charge < -0.3 is 16.4 Å². The zero-order valence-corrected chi connectivity index (χ0v) is 15.4. The summed E-state index contributed by atoms with van der Waals surface area (Å²) in [6, 6.07) is 7.34. The molecule has 1 heterocycles. The van der Waals surface area contributed by atoms with Crippen LogP contribution >= 0.6 is 12.4 Å². The van der Waals surface area contributed by atoms with Crippen molar-refractivity contribution in [2.75, 3.05) is 23.3 Å². The number of nitrogens with one attached hydrogen (secondary N) is 2. The van der Waals surface area contributed by atoms with Crippen LogP contribution in [0.15, 0.2) is 24.3 Å². The van der Waals surface area contributed by atoms with Gasteiger partial charge in [-0.2, -0.15) is 0 Å². The first-order valence-electron chi connectivity index (χ1n) is 8.72. The van der Waals surface area contributed by atoms with E-state index in [1.165, 1.54) is 0 Å². The number of benzene rings is 1. The van der Waals surface area contributed by atoms with Gasteiger partial charge in [-0.15, -0.1) is 12.4 Å². The van der Waals surface area contributed by atoms with E-state index in [0.29, 0.717) is 18.8 Å². The molecule has 0 bridgehead atoms. The molecule has 1 aromatic rings. The Bertz CT molecular complexity index is 635. The van der Waals surface area contributed by atoms with E-state index in [-0.39, 0.29) is 30.3 Å². The zero-order chi connectivity index (χ0) is 17.2. The molecule has 1 aliphatic carbocycles. The van der Waals surface area contributed by atoms with E-state index >= 15 is 0 Å². The monoisotopic (exact) mass is 366 g/mol. The lowest BCUT2D eigenvalue weighted by Crippen LogP contribution is -2.51. The molecule has 0 aromatic heterocycles. The highest BCUT2D eigenvalue weighted by molar-refractivity contribution is 5.96. The molecule has 1 saturated heterocycles. The minimum absolute atomic E-state index is 0. The van der Waals surface area contributed by atoms with Crippen LogP contribution in [0.25, 0.3) is 0 Å². The third-order valence-corrected chi connectivity index (χ3v) is 5.08. The summed E-state index contributed by atoms with van der Waals surface area (Å²) in [5.41, 5.74) is 7.37. The van der Waals surface area contributed by atoms with Crippen molar-refractivity contribution >= 4 is 35.7 Å². The molecule has 3 amide bonds. The molecule has 0 radical (unpaired) electrons. The first-order valence-corrected chi connectivity index (χ1v) is 8.72. The normalized spacial score (nSPS) is 26.4. The molecule has 0 spiro atoms. The van der Waals surface area contributed by atoms with Crippen molar-refractivity contribution in [3.8, 4) is 0 Å². The fourth-order valence-electron chi connectivity index (χ4n) is 3.65. The number of amides is 3. The fourth-order valence-corrected chi connectivity index (χ4v) is 3.65. The van der Waals surface area contributed by atoms with E-state index in [1.807, 2.05) is 31.2 Å². The summed E-state index contributed by atoms with van der Waals surface area (Å²) in [6.07, 6.45) is 4.73. The van der Waals surface area contributed by atoms with Crippen molar-refractivity contribution in [2.45, 2.75) is 44.6 Å². The predicted octanol–water partition coefficient (Wildman–Crippen LogP) is 2.87. The van der Waals surface area contributed by atoms with Crippen molar-refractivity contribution in [1.29, 1.82) is 0 Å². The molecule has 1 aliphatic heterocycles. The molecule has 4 N–H and O–H groups in total. The Balaban J connectivity index is 0.00000225. The average Bonchev–Trinajstić information content (AvgIpc) is 2.55. The largest absolute Gasteiger partial charge is 0.338 e. The van der Waals surface area contributed by atoms with Crippen LogP contribution in [0.5, 0.6) is 0 Å². The highest BCUT2D eigenvalue weighted by Gasteiger charge is 2.37. The highest BCUT2D eigenvalue weighted by Crippen LogP contribution is 2.32. The maximum absolute atomic E-state index is 12.7. The minimum Gasteiger partial charge on any atom is -0.338 e. The van der Waals surface area contributed by atoms with E-state index < -0.39 is 5.54 Å². The first kappa shape index (κ1) is 19.5. The van der Waals surface area contributed by atoms with Gasteiger partial charge >= 0.3 is 6.03 Å². The summed E-state index contributed by atoms with van der Waals surface area (Å²) in [5, 5.41) is 5.82. The van der Waals surface area contributed by atoms with Gasteiger partial charge in [0.1, 0.15) is 0 Å². The van der Waals surface area contributed by atoms with E-state index in [0.717, 1.165) is 37.8 Å². The maximum Gasteiger partial charge on any atom is 0.321 e. The van der Waals surface area contributed by atoms with Crippen molar-refractivity contribution in [1.82, 2.24) is 5.32 Å².